The fourth-order valence-electron chi connectivity index (χ4n) is 1.36. The van der Waals surface area contributed by atoms with Crippen LogP contribution in [0.1, 0.15) is 15.9 Å². The van der Waals surface area contributed by atoms with Crippen molar-refractivity contribution in [1.82, 2.24) is 0 Å². The van der Waals surface area contributed by atoms with Crippen molar-refractivity contribution in [1.29, 1.82) is 0 Å². The van der Waals surface area contributed by atoms with E-state index < -0.39 is 11.6 Å². The van der Waals surface area contributed by atoms with Crippen LogP contribution >= 0.6 is 11.3 Å². The van der Waals surface area contributed by atoms with Crippen LogP contribution < -0.4 is 0 Å². The van der Waals surface area contributed by atoms with E-state index in [2.05, 4.69) is 0 Å². The van der Waals surface area contributed by atoms with E-state index >= 15 is 0 Å². The van der Waals surface area contributed by atoms with Crippen LogP contribution in [0.15, 0.2) is 35.0 Å². The summed E-state index contributed by atoms with van der Waals surface area (Å²) in [5.74, 6) is -1.47. The molecule has 0 spiro atoms. The number of halogens is 2. The van der Waals surface area contributed by atoms with Gasteiger partial charge in [-0.05, 0) is 23.1 Å². The molecule has 0 fully saturated rings. The molecule has 0 radical (unpaired) electrons. The quantitative estimate of drug-likeness (QED) is 0.748. The van der Waals surface area contributed by atoms with Gasteiger partial charge < -0.3 is 0 Å². The third kappa shape index (κ3) is 2.33. The summed E-state index contributed by atoms with van der Waals surface area (Å²) < 4.78 is 25.9. The number of hydrogen-bond acceptors (Lipinski definition) is 2. The lowest BCUT2D eigenvalue weighted by atomic mass is 10.0. The molecule has 1 nitrogen and oxygen atoms in total. The van der Waals surface area contributed by atoms with Gasteiger partial charge in [-0.2, -0.15) is 11.3 Å². The molecule has 0 atom stereocenters. The lowest BCUT2D eigenvalue weighted by Crippen LogP contribution is -2.04. The summed E-state index contributed by atoms with van der Waals surface area (Å²) in [5.41, 5.74) is 0.784. The summed E-state index contributed by atoms with van der Waals surface area (Å²) in [4.78, 5) is 11.7. The van der Waals surface area contributed by atoms with Crippen LogP contribution in [0.5, 0.6) is 0 Å². The minimum absolute atomic E-state index is 0.0388. The zero-order chi connectivity index (χ0) is 11.5. The molecule has 2 rings (SSSR count). The predicted octanol–water partition coefficient (Wildman–Crippen LogP) is 3.45. The molecule has 82 valence electrons. The molecule has 0 saturated heterocycles. The first-order chi connectivity index (χ1) is 7.66. The van der Waals surface area contributed by atoms with Gasteiger partial charge in [0.05, 0.1) is 0 Å². The second-order valence-corrected chi connectivity index (χ2v) is 4.13. The van der Waals surface area contributed by atoms with Crippen LogP contribution in [0.2, 0.25) is 0 Å². The second-order valence-electron chi connectivity index (χ2n) is 3.35. The summed E-state index contributed by atoms with van der Waals surface area (Å²) in [6.07, 6.45) is -0.0388. The minimum atomic E-state index is -0.677. The van der Waals surface area contributed by atoms with E-state index in [1.54, 1.807) is 16.8 Å². The van der Waals surface area contributed by atoms with E-state index in [1.807, 2.05) is 0 Å². The number of thiophene rings is 1. The fraction of sp³-hybridized carbons (Fsp3) is 0.0833. The average molecular weight is 238 g/mol. The zero-order valence-corrected chi connectivity index (χ0v) is 9.06. The lowest BCUT2D eigenvalue weighted by molar-refractivity contribution is 0.0992. The van der Waals surface area contributed by atoms with E-state index in [0.717, 1.165) is 12.1 Å². The molecule has 0 bridgehead atoms. The Kier molecular flexibility index (Phi) is 3.10. The van der Waals surface area contributed by atoms with Crippen LogP contribution in [0.4, 0.5) is 8.78 Å². The predicted molar refractivity (Wildman–Crippen MR) is 58.7 cm³/mol. The highest BCUT2D eigenvalue weighted by Crippen LogP contribution is 2.14. The third-order valence-electron chi connectivity index (χ3n) is 2.21. The highest BCUT2D eigenvalue weighted by molar-refractivity contribution is 7.08. The summed E-state index contributed by atoms with van der Waals surface area (Å²) in [6.45, 7) is 0. The minimum Gasteiger partial charge on any atom is -0.294 e. The van der Waals surface area contributed by atoms with Crippen molar-refractivity contribution in [2.45, 2.75) is 6.42 Å². The van der Waals surface area contributed by atoms with Gasteiger partial charge in [0.15, 0.2) is 5.78 Å². The Morgan fingerprint density at radius 3 is 2.69 bits per heavy atom. The molecule has 1 aromatic heterocycles. The van der Waals surface area contributed by atoms with E-state index in [9.17, 15) is 13.6 Å². The van der Waals surface area contributed by atoms with Gasteiger partial charge in [0.2, 0.25) is 0 Å². The maximum absolute atomic E-state index is 13.3. The van der Waals surface area contributed by atoms with Crippen LogP contribution in [0.3, 0.4) is 0 Å². The Morgan fingerprint density at radius 2 is 2.06 bits per heavy atom. The molecule has 16 heavy (non-hydrogen) atoms. The smallest absolute Gasteiger partial charge is 0.168 e. The van der Waals surface area contributed by atoms with Gasteiger partial charge in [-0.25, -0.2) is 8.78 Å². The van der Waals surface area contributed by atoms with E-state index in [0.29, 0.717) is 5.56 Å². The van der Waals surface area contributed by atoms with Gasteiger partial charge in [0.25, 0.3) is 0 Å². The maximum Gasteiger partial charge on any atom is 0.168 e. The fourth-order valence-corrected chi connectivity index (χ4v) is 2.02. The molecule has 1 aromatic carbocycles. The van der Waals surface area contributed by atoms with Crippen molar-refractivity contribution in [3.05, 3.63) is 57.8 Å². The summed E-state index contributed by atoms with van der Waals surface area (Å²) >= 11 is 1.41. The molecule has 0 saturated carbocycles. The molecule has 0 N–H and O–H groups in total. The highest BCUT2D eigenvalue weighted by atomic mass is 32.1. The first-order valence-corrected chi connectivity index (χ1v) is 5.60. The van der Waals surface area contributed by atoms with Crippen molar-refractivity contribution < 1.29 is 13.6 Å². The molecule has 1 heterocycles. The van der Waals surface area contributed by atoms with Gasteiger partial charge in [0.1, 0.15) is 11.6 Å². The molecule has 4 heteroatoms. The first kappa shape index (κ1) is 11.0. The maximum atomic E-state index is 13.3. The van der Waals surface area contributed by atoms with Gasteiger partial charge in [-0.1, -0.05) is 6.07 Å². The van der Waals surface area contributed by atoms with Gasteiger partial charge in [0, 0.05) is 23.4 Å². The van der Waals surface area contributed by atoms with Crippen molar-refractivity contribution in [2.24, 2.45) is 0 Å². The number of benzene rings is 1. The highest BCUT2D eigenvalue weighted by Gasteiger charge is 2.11. The van der Waals surface area contributed by atoms with Crippen molar-refractivity contribution in [3.63, 3.8) is 0 Å². The van der Waals surface area contributed by atoms with Gasteiger partial charge >= 0.3 is 0 Å². The van der Waals surface area contributed by atoms with Crippen LogP contribution in [0.25, 0.3) is 0 Å². The van der Waals surface area contributed by atoms with Gasteiger partial charge in [-0.3, -0.25) is 4.79 Å². The monoisotopic (exact) mass is 238 g/mol. The molecule has 0 unspecified atom stereocenters. The van der Waals surface area contributed by atoms with Gasteiger partial charge in [-0.15, -0.1) is 0 Å². The Hall–Kier alpha value is -1.55. The van der Waals surface area contributed by atoms with Crippen molar-refractivity contribution >= 4 is 17.1 Å². The molecular weight excluding hydrogens is 230 g/mol. The summed E-state index contributed by atoms with van der Waals surface area (Å²) in [7, 11) is 0. The number of hydrogen-bond donors (Lipinski definition) is 0. The number of carbonyl (C=O) groups is 1. The molecule has 2 aromatic rings. The Balaban J connectivity index is 2.18. The first-order valence-electron chi connectivity index (χ1n) is 4.66. The van der Waals surface area contributed by atoms with Crippen LogP contribution in [-0.2, 0) is 6.42 Å². The molecule has 0 aliphatic heterocycles. The Labute approximate surface area is 95.4 Å². The second kappa shape index (κ2) is 4.53. The van der Waals surface area contributed by atoms with Crippen molar-refractivity contribution in [2.75, 3.05) is 0 Å². The Bertz CT molecular complexity index is 506. The summed E-state index contributed by atoms with van der Waals surface area (Å²) in [5, 5.41) is 3.50. The number of rotatable bonds is 3. The number of ketones is 1. The van der Waals surface area contributed by atoms with Crippen LogP contribution in [0, 0.1) is 11.6 Å². The summed E-state index contributed by atoms with van der Waals surface area (Å²) in [6, 6.07) is 4.93. The normalized spacial score (nSPS) is 10.4. The van der Waals surface area contributed by atoms with E-state index in [4.69, 9.17) is 0 Å². The standard InChI is InChI=1S/C12H8F2OS/c13-10-2-1-8(11(14)6-10)5-12(15)9-3-4-16-7-9/h1-4,6-7H,5H2. The number of Topliss-reactive ketones (excluding diaryl/α,β-unsaturated/α-hetero) is 1. The van der Waals surface area contributed by atoms with Crippen LogP contribution in [-0.4, -0.2) is 5.78 Å². The molecule has 0 amide bonds. The third-order valence-corrected chi connectivity index (χ3v) is 2.89. The molecular formula is C12H8F2OS. The molecule has 0 aliphatic rings. The van der Waals surface area contributed by atoms with E-state index in [1.165, 1.54) is 17.4 Å². The lowest BCUT2D eigenvalue weighted by Gasteiger charge is -2.01. The largest absolute Gasteiger partial charge is 0.294 e. The zero-order valence-electron chi connectivity index (χ0n) is 8.24. The van der Waals surface area contributed by atoms with Crippen molar-refractivity contribution in [3.8, 4) is 0 Å². The Morgan fingerprint density at radius 1 is 1.25 bits per heavy atom. The number of carbonyl (C=O) groups excluding carboxylic acids is 1. The topological polar surface area (TPSA) is 17.1 Å². The average Bonchev–Trinajstić information content (AvgIpc) is 2.75. The SMILES string of the molecule is O=C(Cc1ccc(F)cc1F)c1ccsc1. The molecule has 0 aliphatic carbocycles. The van der Waals surface area contributed by atoms with E-state index in [-0.39, 0.29) is 17.8 Å².